The first-order chi connectivity index (χ1) is 9.74. The minimum atomic E-state index is 0.244. The molecule has 0 radical (unpaired) electrons. The summed E-state index contributed by atoms with van der Waals surface area (Å²) >= 11 is 6.18. The maximum absolute atomic E-state index is 6.18. The number of allylic oxidation sites excluding steroid dienone is 4. The Balaban J connectivity index is 1.48. The number of hydrogen-bond acceptors (Lipinski definition) is 4. The van der Waals surface area contributed by atoms with Gasteiger partial charge in [0.05, 0.1) is 11.8 Å². The fourth-order valence-electron chi connectivity index (χ4n) is 4.67. The quantitative estimate of drug-likeness (QED) is 0.730. The van der Waals surface area contributed by atoms with E-state index < -0.39 is 0 Å². The molecule has 3 aliphatic carbocycles. The zero-order valence-corrected chi connectivity index (χ0v) is 12.0. The van der Waals surface area contributed by atoms with Crippen LogP contribution in [0.25, 0.3) is 0 Å². The molecule has 5 aliphatic rings. The second-order valence-electron chi connectivity index (χ2n) is 6.70. The second-order valence-corrected chi connectivity index (χ2v) is 7.13. The van der Waals surface area contributed by atoms with E-state index >= 15 is 0 Å². The standard InChI is InChI=1S/C15H16ClN3O/c1-6-4-7(2-3-10(6)16)12-11-8-5-9(15(11)20-19-12)14-13(8)17-18-14/h2-3,6,8-9,11,13-15H,4-5H2,1H3. The Kier molecular flexibility index (Phi) is 2.14. The molecule has 0 aromatic carbocycles. The van der Waals surface area contributed by atoms with Crippen molar-refractivity contribution in [2.45, 2.75) is 38.0 Å². The number of rotatable bonds is 1. The molecule has 2 saturated carbocycles. The summed E-state index contributed by atoms with van der Waals surface area (Å²) < 4.78 is 0. The summed E-state index contributed by atoms with van der Waals surface area (Å²) in [5.41, 5.74) is 2.46. The van der Waals surface area contributed by atoms with Crippen LogP contribution in [0.5, 0.6) is 0 Å². The lowest BCUT2D eigenvalue weighted by Crippen LogP contribution is -2.47. The van der Waals surface area contributed by atoms with Gasteiger partial charge in [0.25, 0.3) is 0 Å². The molecule has 0 aromatic rings. The van der Waals surface area contributed by atoms with Gasteiger partial charge in [0, 0.05) is 16.9 Å². The zero-order chi connectivity index (χ0) is 13.4. The van der Waals surface area contributed by atoms with Gasteiger partial charge < -0.3 is 4.84 Å². The van der Waals surface area contributed by atoms with Crippen LogP contribution in [0, 0.1) is 23.7 Å². The summed E-state index contributed by atoms with van der Waals surface area (Å²) in [4.78, 5) is 5.78. The van der Waals surface area contributed by atoms with E-state index in [9.17, 15) is 0 Å². The largest absolute Gasteiger partial charge is 0.391 e. The molecule has 0 amide bonds. The van der Waals surface area contributed by atoms with Gasteiger partial charge in [-0.3, -0.25) is 0 Å². The molecule has 0 N–H and O–H groups in total. The van der Waals surface area contributed by atoms with Crippen LogP contribution in [0.15, 0.2) is 38.1 Å². The highest BCUT2D eigenvalue weighted by Gasteiger charge is 2.66. The molecule has 0 aromatic heterocycles. The van der Waals surface area contributed by atoms with Gasteiger partial charge in [0.1, 0.15) is 12.1 Å². The van der Waals surface area contributed by atoms with Crippen molar-refractivity contribution >= 4 is 17.3 Å². The molecular formula is C15H16ClN3O. The van der Waals surface area contributed by atoms with E-state index in [2.05, 4.69) is 28.4 Å². The molecule has 2 heterocycles. The summed E-state index contributed by atoms with van der Waals surface area (Å²) in [5, 5.41) is 14.0. The molecule has 2 aliphatic heterocycles. The number of hydrogen-bond donors (Lipinski definition) is 0. The highest BCUT2D eigenvalue weighted by molar-refractivity contribution is 6.30. The number of nitrogens with zero attached hydrogens (tertiary/aromatic N) is 3. The first kappa shape index (κ1) is 11.5. The van der Waals surface area contributed by atoms with E-state index in [1.165, 1.54) is 12.0 Å². The zero-order valence-electron chi connectivity index (χ0n) is 11.2. The van der Waals surface area contributed by atoms with Crippen LogP contribution in [0.3, 0.4) is 0 Å². The summed E-state index contributed by atoms with van der Waals surface area (Å²) in [5.74, 6) is 1.94. The van der Waals surface area contributed by atoms with Gasteiger partial charge in [0.15, 0.2) is 0 Å². The summed E-state index contributed by atoms with van der Waals surface area (Å²) in [6.45, 7) is 2.16. The summed E-state index contributed by atoms with van der Waals surface area (Å²) in [7, 11) is 0. The van der Waals surface area contributed by atoms with Crippen molar-refractivity contribution in [1.82, 2.24) is 0 Å². The Morgan fingerprint density at radius 3 is 2.75 bits per heavy atom. The van der Waals surface area contributed by atoms with E-state index in [0.29, 0.717) is 35.8 Å². The van der Waals surface area contributed by atoms with Crippen LogP contribution >= 0.6 is 11.6 Å². The lowest BCUT2D eigenvalue weighted by Gasteiger charge is -2.36. The fraction of sp³-hybridized carbons (Fsp3) is 0.667. The molecule has 5 rings (SSSR count). The smallest absolute Gasteiger partial charge is 0.141 e. The minimum Gasteiger partial charge on any atom is -0.391 e. The highest BCUT2D eigenvalue weighted by Crippen LogP contribution is 2.58. The lowest BCUT2D eigenvalue weighted by atomic mass is 9.74. The minimum absolute atomic E-state index is 0.244. The van der Waals surface area contributed by atoms with E-state index in [-0.39, 0.29) is 6.10 Å². The molecule has 104 valence electrons. The Labute approximate surface area is 122 Å². The van der Waals surface area contributed by atoms with Crippen LogP contribution in [0.2, 0.25) is 0 Å². The van der Waals surface area contributed by atoms with E-state index in [1.807, 2.05) is 6.08 Å². The Morgan fingerprint density at radius 1 is 1.20 bits per heavy atom. The number of halogens is 1. The van der Waals surface area contributed by atoms with Gasteiger partial charge in [-0.25, -0.2) is 0 Å². The Hall–Kier alpha value is -1.16. The molecule has 4 nitrogen and oxygen atoms in total. The summed E-state index contributed by atoms with van der Waals surface area (Å²) in [6, 6.07) is 0.860. The number of azo groups is 1. The molecule has 2 fully saturated rings. The van der Waals surface area contributed by atoms with Crippen molar-refractivity contribution in [3.8, 4) is 0 Å². The van der Waals surface area contributed by atoms with Crippen LogP contribution in [0.1, 0.15) is 19.8 Å². The average molecular weight is 290 g/mol. The maximum atomic E-state index is 6.18. The lowest BCUT2D eigenvalue weighted by molar-refractivity contribution is 0.00785. The maximum Gasteiger partial charge on any atom is 0.141 e. The second kappa shape index (κ2) is 3.73. The van der Waals surface area contributed by atoms with Gasteiger partial charge in [-0.2, -0.15) is 10.2 Å². The number of fused-ring (bicyclic) bond motifs is 8. The third-order valence-electron chi connectivity index (χ3n) is 5.70. The number of oxime groups is 1. The predicted octanol–water partition coefficient (Wildman–Crippen LogP) is 3.30. The predicted molar refractivity (Wildman–Crippen MR) is 75.6 cm³/mol. The van der Waals surface area contributed by atoms with Crippen molar-refractivity contribution in [2.75, 3.05) is 0 Å². The van der Waals surface area contributed by atoms with Gasteiger partial charge in [-0.1, -0.05) is 29.8 Å². The monoisotopic (exact) mass is 289 g/mol. The van der Waals surface area contributed by atoms with Crippen LogP contribution < -0.4 is 0 Å². The van der Waals surface area contributed by atoms with Crippen LogP contribution in [-0.4, -0.2) is 23.9 Å². The van der Waals surface area contributed by atoms with E-state index in [0.717, 1.165) is 17.2 Å². The molecule has 0 spiro atoms. The highest BCUT2D eigenvalue weighted by atomic mass is 35.5. The first-order valence-corrected chi connectivity index (χ1v) is 7.82. The molecule has 20 heavy (non-hydrogen) atoms. The first-order valence-electron chi connectivity index (χ1n) is 7.44. The van der Waals surface area contributed by atoms with Gasteiger partial charge >= 0.3 is 0 Å². The average Bonchev–Trinajstić information content (AvgIpc) is 3.00. The molecule has 2 bridgehead atoms. The normalized spacial score (nSPS) is 50.7. The van der Waals surface area contributed by atoms with Crippen molar-refractivity contribution in [2.24, 2.45) is 39.1 Å². The molecule has 0 saturated heterocycles. The van der Waals surface area contributed by atoms with Crippen molar-refractivity contribution in [3.63, 3.8) is 0 Å². The Bertz CT molecular complexity index is 608. The third-order valence-corrected chi connectivity index (χ3v) is 6.20. The molecule has 7 unspecified atom stereocenters. The molecule has 5 heteroatoms. The summed E-state index contributed by atoms with van der Waals surface area (Å²) in [6.07, 6.45) is 6.55. The molecule has 7 atom stereocenters. The van der Waals surface area contributed by atoms with Crippen LogP contribution in [-0.2, 0) is 4.84 Å². The third kappa shape index (κ3) is 1.26. The van der Waals surface area contributed by atoms with E-state index in [1.54, 1.807) is 0 Å². The van der Waals surface area contributed by atoms with Crippen LogP contribution in [0.4, 0.5) is 0 Å². The topological polar surface area (TPSA) is 46.3 Å². The van der Waals surface area contributed by atoms with Gasteiger partial charge in [-0.05, 0) is 36.3 Å². The van der Waals surface area contributed by atoms with Crippen molar-refractivity contribution in [1.29, 1.82) is 0 Å². The fourth-order valence-corrected chi connectivity index (χ4v) is 4.81. The van der Waals surface area contributed by atoms with Gasteiger partial charge in [0.2, 0.25) is 0 Å². The molecular weight excluding hydrogens is 274 g/mol. The Morgan fingerprint density at radius 2 is 2.00 bits per heavy atom. The van der Waals surface area contributed by atoms with E-state index in [4.69, 9.17) is 16.4 Å². The van der Waals surface area contributed by atoms with Gasteiger partial charge in [-0.15, -0.1) is 0 Å². The van der Waals surface area contributed by atoms with Crippen molar-refractivity contribution < 1.29 is 4.84 Å². The van der Waals surface area contributed by atoms with Crippen molar-refractivity contribution in [3.05, 3.63) is 22.8 Å². The SMILES string of the molecule is CC1CC(C2=NOC3C4CC(C5N=NC45)C23)=CC=C1Cl.